The van der Waals surface area contributed by atoms with Gasteiger partial charge < -0.3 is 15.0 Å². The molecule has 2 aromatic rings. The molecule has 0 bridgehead atoms. The largest absolute Gasteiger partial charge is 0.378 e. The number of sulfonamides is 1. The molecule has 4 N–H and O–H groups in total. The molecule has 36 heavy (non-hydrogen) atoms. The van der Waals surface area contributed by atoms with Crippen LogP contribution in [0.25, 0.3) is 0 Å². The van der Waals surface area contributed by atoms with Crippen LogP contribution in [-0.2, 0) is 14.8 Å². The fourth-order valence-electron chi connectivity index (χ4n) is 4.26. The Bertz CT molecular complexity index is 1200. The van der Waals surface area contributed by atoms with Crippen LogP contribution in [0.15, 0.2) is 30.6 Å². The van der Waals surface area contributed by atoms with Crippen LogP contribution in [0.4, 0.5) is 25.8 Å². The molecule has 1 aromatic heterocycles. The van der Waals surface area contributed by atoms with Gasteiger partial charge in [-0.25, -0.2) is 23.0 Å². The first-order chi connectivity index (χ1) is 17.2. The minimum absolute atomic E-state index is 0.00729. The van der Waals surface area contributed by atoms with Crippen molar-refractivity contribution in [1.82, 2.24) is 9.88 Å². The van der Waals surface area contributed by atoms with Gasteiger partial charge in [-0.1, -0.05) is 6.92 Å². The molecule has 0 radical (unpaired) electrons. The Morgan fingerprint density at radius 1 is 1.25 bits per heavy atom. The summed E-state index contributed by atoms with van der Waals surface area (Å²) in [7, 11) is -3.79. The van der Waals surface area contributed by atoms with Crippen LogP contribution in [0.1, 0.15) is 18.9 Å². The van der Waals surface area contributed by atoms with Gasteiger partial charge in [0, 0.05) is 37.9 Å². The maximum Gasteiger partial charge on any atom is 0.232 e. The molecule has 0 spiro atoms. The summed E-state index contributed by atoms with van der Waals surface area (Å²) in [6, 6.07) is 4.24. The predicted molar refractivity (Wildman–Crippen MR) is 135 cm³/mol. The summed E-state index contributed by atoms with van der Waals surface area (Å²) in [5.41, 5.74) is 0.302. The van der Waals surface area contributed by atoms with Crippen LogP contribution >= 0.6 is 0 Å². The number of halogens is 2. The van der Waals surface area contributed by atoms with E-state index in [1.165, 1.54) is 6.20 Å². The lowest BCUT2D eigenvalue weighted by atomic mass is 10.1. The average Bonchev–Trinajstić information content (AvgIpc) is 2.80. The number of nitrogens with zero attached hydrogens (tertiary/aromatic N) is 4. The van der Waals surface area contributed by atoms with E-state index in [9.17, 15) is 12.8 Å². The maximum absolute atomic E-state index is 15.0. The lowest BCUT2D eigenvalue weighted by molar-refractivity contribution is -0.0660. The van der Waals surface area contributed by atoms with Crippen molar-refractivity contribution < 1.29 is 21.9 Å². The molecule has 2 saturated heterocycles. The Kier molecular flexibility index (Phi) is 8.03. The van der Waals surface area contributed by atoms with E-state index in [0.29, 0.717) is 18.0 Å². The van der Waals surface area contributed by atoms with Crippen molar-refractivity contribution >= 4 is 32.8 Å². The fourth-order valence-corrected chi connectivity index (χ4v) is 5.39. The monoisotopic (exact) mass is 523 g/mol. The summed E-state index contributed by atoms with van der Waals surface area (Å²) in [5.74, 6) is 3.64. The molecule has 0 unspecified atom stereocenters. The van der Waals surface area contributed by atoms with Crippen LogP contribution in [0, 0.1) is 17.0 Å². The van der Waals surface area contributed by atoms with E-state index in [1.807, 2.05) is 6.07 Å². The van der Waals surface area contributed by atoms with Gasteiger partial charge in [-0.15, -0.1) is 0 Å². The van der Waals surface area contributed by atoms with E-state index in [2.05, 4.69) is 19.5 Å². The Morgan fingerprint density at radius 3 is 2.61 bits per heavy atom. The Balaban J connectivity index is 1.44. The van der Waals surface area contributed by atoms with Gasteiger partial charge in [0.15, 0.2) is 11.6 Å². The van der Waals surface area contributed by atoms with Gasteiger partial charge in [0.1, 0.15) is 5.69 Å². The first-order valence-electron chi connectivity index (χ1n) is 11.8. The number of hydrogen-bond donors (Lipinski definition) is 3. The number of nitrogens with one attached hydrogen (secondary N) is 2. The molecular weight excluding hydrogens is 492 g/mol. The van der Waals surface area contributed by atoms with Crippen LogP contribution in [0.2, 0.25) is 0 Å². The Labute approximate surface area is 209 Å². The minimum atomic E-state index is -3.79. The van der Waals surface area contributed by atoms with Crippen molar-refractivity contribution in [1.29, 1.82) is 5.41 Å². The summed E-state index contributed by atoms with van der Waals surface area (Å²) < 4.78 is 61.0. The molecule has 10 nitrogen and oxygen atoms in total. The number of hydrogen-bond acceptors (Lipinski definition) is 9. The zero-order chi connectivity index (χ0) is 25.9. The second-order valence-electron chi connectivity index (χ2n) is 8.93. The van der Waals surface area contributed by atoms with Gasteiger partial charge in [-0.3, -0.25) is 19.6 Å². The maximum atomic E-state index is 15.0. The first-order valence-corrected chi connectivity index (χ1v) is 13.4. The van der Waals surface area contributed by atoms with Crippen LogP contribution in [-0.4, -0.2) is 81.7 Å². The molecule has 2 aliphatic rings. The Hall–Kier alpha value is -2.87. The molecule has 0 saturated carbocycles. The number of rotatable bonds is 10. The summed E-state index contributed by atoms with van der Waals surface area (Å²) in [5, 5.41) is 9.24. The Morgan fingerprint density at radius 2 is 1.97 bits per heavy atom. The van der Waals surface area contributed by atoms with Crippen molar-refractivity contribution in [2.45, 2.75) is 19.4 Å². The van der Waals surface area contributed by atoms with E-state index in [-0.39, 0.29) is 18.0 Å². The third kappa shape index (κ3) is 5.91. The zero-order valence-corrected chi connectivity index (χ0v) is 20.9. The smallest absolute Gasteiger partial charge is 0.232 e. The zero-order valence-electron chi connectivity index (χ0n) is 20.1. The standard InChI is InChI=1S/C23H31F2N7O3S/c1-2-9-36(33,34)29-21-4-3-19(24)23(22(21)25)32(27)13-20(26)16-10-17(12-28-11-16)30-5-7-31(8-6-30)18-14-35-15-18/h3-4,10-12,18,26,29H,2,5-9,13-15,27H2,1H3. The molecule has 0 amide bonds. The fraction of sp³-hybridized carbons (Fsp3) is 0.478. The number of hydrazine groups is 1. The number of aromatic nitrogens is 1. The van der Waals surface area contributed by atoms with Gasteiger partial charge in [0.05, 0.1) is 54.8 Å². The van der Waals surface area contributed by atoms with Crippen molar-refractivity contribution in [3.8, 4) is 0 Å². The molecule has 2 aliphatic heterocycles. The van der Waals surface area contributed by atoms with E-state index in [4.69, 9.17) is 16.0 Å². The quantitative estimate of drug-likeness (QED) is 0.244. The highest BCUT2D eigenvalue weighted by Gasteiger charge is 2.29. The normalized spacial score (nSPS) is 17.1. The molecule has 4 rings (SSSR count). The molecule has 0 aliphatic carbocycles. The summed E-state index contributed by atoms with van der Waals surface area (Å²) in [6.07, 6.45) is 3.57. The lowest BCUT2D eigenvalue weighted by Gasteiger charge is -2.43. The number of nitrogens with two attached hydrogens (primary N) is 1. The predicted octanol–water partition coefficient (Wildman–Crippen LogP) is 1.78. The molecule has 13 heteroatoms. The van der Waals surface area contributed by atoms with Gasteiger partial charge >= 0.3 is 0 Å². The molecule has 3 heterocycles. The van der Waals surface area contributed by atoms with E-state index in [1.54, 1.807) is 13.1 Å². The summed E-state index contributed by atoms with van der Waals surface area (Å²) >= 11 is 0. The molecular formula is C23H31F2N7O3S. The highest BCUT2D eigenvalue weighted by molar-refractivity contribution is 7.92. The van der Waals surface area contributed by atoms with E-state index < -0.39 is 33.0 Å². The third-order valence-electron chi connectivity index (χ3n) is 6.31. The number of pyridine rings is 1. The second kappa shape index (κ2) is 11.0. The van der Waals surface area contributed by atoms with Gasteiger partial charge in [-0.05, 0) is 24.6 Å². The number of anilines is 3. The molecule has 1 aromatic carbocycles. The highest BCUT2D eigenvalue weighted by Crippen LogP contribution is 2.29. The first kappa shape index (κ1) is 26.2. The third-order valence-corrected chi connectivity index (χ3v) is 7.79. The summed E-state index contributed by atoms with van der Waals surface area (Å²) in [6.45, 7) is 6.35. The van der Waals surface area contributed by atoms with Crippen LogP contribution in [0.3, 0.4) is 0 Å². The molecule has 196 valence electrons. The SMILES string of the molecule is CCCS(=O)(=O)Nc1ccc(F)c(N(N)CC(=N)c2cncc(N3CCN(C4COC4)CC3)c2)c1F. The van der Waals surface area contributed by atoms with Gasteiger partial charge in [-0.2, -0.15) is 0 Å². The van der Waals surface area contributed by atoms with Crippen molar-refractivity contribution in [2.24, 2.45) is 5.84 Å². The summed E-state index contributed by atoms with van der Waals surface area (Å²) in [4.78, 5) is 8.84. The minimum Gasteiger partial charge on any atom is -0.378 e. The van der Waals surface area contributed by atoms with Crippen LogP contribution < -0.4 is 20.5 Å². The van der Waals surface area contributed by atoms with Crippen molar-refractivity contribution in [2.75, 3.05) is 66.3 Å². The van der Waals surface area contributed by atoms with Crippen molar-refractivity contribution in [3.63, 3.8) is 0 Å². The molecule has 0 atom stereocenters. The van der Waals surface area contributed by atoms with E-state index in [0.717, 1.165) is 62.2 Å². The molecule has 2 fully saturated rings. The second-order valence-corrected chi connectivity index (χ2v) is 10.8. The topological polar surface area (TPSA) is 128 Å². The van der Waals surface area contributed by atoms with Gasteiger partial charge in [0.2, 0.25) is 10.0 Å². The highest BCUT2D eigenvalue weighted by atomic mass is 32.2. The lowest BCUT2D eigenvalue weighted by Crippen LogP contribution is -2.56. The average molecular weight is 524 g/mol. The number of ether oxygens (including phenoxy) is 1. The van der Waals surface area contributed by atoms with Crippen LogP contribution in [0.5, 0.6) is 0 Å². The van der Waals surface area contributed by atoms with Gasteiger partial charge in [0.25, 0.3) is 0 Å². The number of benzene rings is 1. The number of piperazine rings is 1. The van der Waals surface area contributed by atoms with Crippen molar-refractivity contribution in [3.05, 3.63) is 47.8 Å². The van der Waals surface area contributed by atoms with E-state index >= 15 is 4.39 Å².